The van der Waals surface area contributed by atoms with Crippen molar-refractivity contribution in [3.8, 4) is 11.5 Å². The Morgan fingerprint density at radius 3 is 2.67 bits per heavy atom. The molecule has 0 aliphatic rings. The van der Waals surface area contributed by atoms with Crippen molar-refractivity contribution in [2.24, 2.45) is 0 Å². The molecule has 2 aromatic heterocycles. The summed E-state index contributed by atoms with van der Waals surface area (Å²) in [5.41, 5.74) is 4.17. The van der Waals surface area contributed by atoms with E-state index in [9.17, 15) is 13.6 Å². The van der Waals surface area contributed by atoms with Gasteiger partial charge in [0, 0.05) is 24.5 Å². The van der Waals surface area contributed by atoms with Crippen molar-refractivity contribution in [1.29, 1.82) is 0 Å². The topological polar surface area (TPSA) is 64.9 Å². The maximum atomic E-state index is 12.5. The van der Waals surface area contributed by atoms with E-state index >= 15 is 0 Å². The number of pyridine rings is 1. The maximum absolute atomic E-state index is 12.5. The number of ether oxygens (including phenoxy) is 2. The quantitative estimate of drug-likeness (QED) is 0.397. The summed E-state index contributed by atoms with van der Waals surface area (Å²) in [6.45, 7) is -0.136. The SMILES string of the molecule is Cc1ccc2nc(COc3cccc(C(=O)NCCc4ccc(OC(F)F)cc4)c3)cn2c1. The van der Waals surface area contributed by atoms with Crippen LogP contribution in [0.1, 0.15) is 27.2 Å². The van der Waals surface area contributed by atoms with Crippen LogP contribution in [0.4, 0.5) is 8.78 Å². The molecule has 0 radical (unpaired) electrons. The lowest BCUT2D eigenvalue weighted by molar-refractivity contribution is -0.0498. The molecule has 2 heterocycles. The van der Waals surface area contributed by atoms with Crippen LogP contribution in [0.3, 0.4) is 0 Å². The number of halogens is 2. The van der Waals surface area contributed by atoms with Crippen molar-refractivity contribution < 1.29 is 23.0 Å². The lowest BCUT2D eigenvalue weighted by atomic mass is 10.1. The Morgan fingerprint density at radius 1 is 1.06 bits per heavy atom. The molecule has 4 aromatic rings. The zero-order valence-electron chi connectivity index (χ0n) is 18.0. The first-order chi connectivity index (χ1) is 16.0. The minimum atomic E-state index is -2.85. The molecule has 1 N–H and O–H groups in total. The fourth-order valence-corrected chi connectivity index (χ4v) is 3.37. The van der Waals surface area contributed by atoms with Crippen molar-refractivity contribution in [3.05, 3.63) is 95.4 Å². The van der Waals surface area contributed by atoms with Crippen molar-refractivity contribution >= 4 is 11.6 Å². The van der Waals surface area contributed by atoms with Crippen LogP contribution >= 0.6 is 0 Å². The van der Waals surface area contributed by atoms with Gasteiger partial charge in [-0.05, 0) is 60.9 Å². The highest BCUT2D eigenvalue weighted by Gasteiger charge is 2.09. The highest BCUT2D eigenvalue weighted by Crippen LogP contribution is 2.17. The van der Waals surface area contributed by atoms with E-state index in [-0.39, 0.29) is 18.3 Å². The van der Waals surface area contributed by atoms with Gasteiger partial charge in [0.2, 0.25) is 0 Å². The van der Waals surface area contributed by atoms with Crippen LogP contribution in [-0.4, -0.2) is 28.4 Å². The lowest BCUT2D eigenvalue weighted by Gasteiger charge is -2.09. The van der Waals surface area contributed by atoms with Crippen molar-refractivity contribution in [3.63, 3.8) is 0 Å². The van der Waals surface area contributed by atoms with Crippen LogP contribution < -0.4 is 14.8 Å². The van der Waals surface area contributed by atoms with E-state index in [0.717, 1.165) is 22.5 Å². The molecule has 0 spiro atoms. The van der Waals surface area contributed by atoms with Crippen molar-refractivity contribution in [1.82, 2.24) is 14.7 Å². The molecule has 1 amide bonds. The molecular formula is C25H23F2N3O3. The summed E-state index contributed by atoms with van der Waals surface area (Å²) < 4.78 is 36.5. The number of hydrogen-bond donors (Lipinski definition) is 1. The first-order valence-electron chi connectivity index (χ1n) is 10.5. The summed E-state index contributed by atoms with van der Waals surface area (Å²) in [6, 6.07) is 17.3. The Hall–Kier alpha value is -3.94. The number of hydrogen-bond acceptors (Lipinski definition) is 4. The van der Waals surface area contributed by atoms with E-state index in [1.807, 2.05) is 35.9 Å². The van der Waals surface area contributed by atoms with Gasteiger partial charge in [-0.3, -0.25) is 4.79 Å². The molecule has 0 aliphatic heterocycles. The largest absolute Gasteiger partial charge is 0.487 e. The molecule has 4 rings (SSSR count). The predicted molar refractivity (Wildman–Crippen MR) is 120 cm³/mol. The summed E-state index contributed by atoms with van der Waals surface area (Å²) in [5.74, 6) is 0.458. The average molecular weight is 451 g/mol. The number of nitrogens with zero attached hydrogens (tertiary/aromatic N) is 2. The van der Waals surface area contributed by atoms with Gasteiger partial charge < -0.3 is 19.2 Å². The van der Waals surface area contributed by atoms with E-state index in [4.69, 9.17) is 4.74 Å². The van der Waals surface area contributed by atoms with Gasteiger partial charge in [0.25, 0.3) is 5.91 Å². The predicted octanol–water partition coefficient (Wildman–Crippen LogP) is 4.80. The molecular weight excluding hydrogens is 428 g/mol. The third kappa shape index (κ3) is 6.06. The zero-order chi connectivity index (χ0) is 23.2. The molecule has 0 aliphatic carbocycles. The third-order valence-electron chi connectivity index (χ3n) is 4.98. The first-order valence-corrected chi connectivity index (χ1v) is 10.5. The Morgan fingerprint density at radius 2 is 1.88 bits per heavy atom. The van der Waals surface area contributed by atoms with E-state index < -0.39 is 6.61 Å². The van der Waals surface area contributed by atoms with Crippen LogP contribution in [0.25, 0.3) is 5.65 Å². The van der Waals surface area contributed by atoms with E-state index in [2.05, 4.69) is 15.0 Å². The monoisotopic (exact) mass is 451 g/mol. The second-order valence-corrected chi connectivity index (χ2v) is 7.55. The highest BCUT2D eigenvalue weighted by atomic mass is 19.3. The molecule has 2 aromatic carbocycles. The van der Waals surface area contributed by atoms with Gasteiger partial charge in [0.15, 0.2) is 0 Å². The van der Waals surface area contributed by atoms with Crippen molar-refractivity contribution in [2.75, 3.05) is 6.54 Å². The van der Waals surface area contributed by atoms with Crippen LogP contribution in [-0.2, 0) is 13.0 Å². The summed E-state index contributed by atoms with van der Waals surface area (Å²) >= 11 is 0. The van der Waals surface area contributed by atoms with Crippen molar-refractivity contribution in [2.45, 2.75) is 26.6 Å². The van der Waals surface area contributed by atoms with Crippen LogP contribution in [0, 0.1) is 6.92 Å². The Kier molecular flexibility index (Phi) is 6.83. The smallest absolute Gasteiger partial charge is 0.387 e. The summed E-state index contributed by atoms with van der Waals surface area (Å²) in [6.07, 6.45) is 4.48. The van der Waals surface area contributed by atoms with Crippen LogP contribution in [0.5, 0.6) is 11.5 Å². The molecule has 0 unspecified atom stereocenters. The normalized spacial score (nSPS) is 11.0. The molecule has 170 valence electrons. The number of amides is 1. The Bertz CT molecular complexity index is 1240. The number of imidazole rings is 1. The number of carbonyl (C=O) groups excluding carboxylic acids is 1. The van der Waals surface area contributed by atoms with Gasteiger partial charge in [-0.15, -0.1) is 0 Å². The zero-order valence-corrected chi connectivity index (χ0v) is 18.0. The number of carbonyl (C=O) groups is 1. The second kappa shape index (κ2) is 10.1. The van der Waals surface area contributed by atoms with E-state index in [0.29, 0.717) is 24.3 Å². The standard InChI is InChI=1S/C25H23F2N3O3/c1-17-5-10-23-29-20(15-30(23)14-17)16-32-22-4-2-3-19(13-22)24(31)28-12-11-18-6-8-21(9-7-18)33-25(26)27/h2-10,13-15,25H,11-12,16H2,1H3,(H,28,31). The number of alkyl halides is 2. The molecule has 6 nitrogen and oxygen atoms in total. The number of nitrogens with one attached hydrogen (secondary N) is 1. The molecule has 0 atom stereocenters. The number of aromatic nitrogens is 2. The van der Waals surface area contributed by atoms with Crippen LogP contribution in [0.2, 0.25) is 0 Å². The van der Waals surface area contributed by atoms with Gasteiger partial charge >= 0.3 is 6.61 Å². The Balaban J connectivity index is 1.28. The average Bonchev–Trinajstić information content (AvgIpc) is 3.20. The summed E-state index contributed by atoms with van der Waals surface area (Å²) in [5, 5.41) is 2.86. The fraction of sp³-hybridized carbons (Fsp3) is 0.200. The molecule has 0 fully saturated rings. The minimum Gasteiger partial charge on any atom is -0.487 e. The minimum absolute atomic E-state index is 0.105. The third-order valence-corrected chi connectivity index (χ3v) is 4.98. The van der Waals surface area contributed by atoms with Gasteiger partial charge in [-0.2, -0.15) is 8.78 Å². The second-order valence-electron chi connectivity index (χ2n) is 7.55. The lowest BCUT2D eigenvalue weighted by Crippen LogP contribution is -2.25. The first kappa shape index (κ1) is 22.3. The van der Waals surface area contributed by atoms with Gasteiger partial charge in [0.05, 0.1) is 5.69 Å². The van der Waals surface area contributed by atoms with Gasteiger partial charge in [-0.25, -0.2) is 4.98 Å². The summed E-state index contributed by atoms with van der Waals surface area (Å²) in [4.78, 5) is 17.0. The van der Waals surface area contributed by atoms with Gasteiger partial charge in [-0.1, -0.05) is 24.3 Å². The van der Waals surface area contributed by atoms with E-state index in [1.54, 1.807) is 36.4 Å². The summed E-state index contributed by atoms with van der Waals surface area (Å²) in [7, 11) is 0. The molecule has 0 saturated heterocycles. The van der Waals surface area contributed by atoms with E-state index in [1.165, 1.54) is 12.1 Å². The molecule has 0 saturated carbocycles. The number of fused-ring (bicyclic) bond motifs is 1. The number of benzene rings is 2. The van der Waals surface area contributed by atoms with Gasteiger partial charge in [0.1, 0.15) is 23.8 Å². The fourth-order valence-electron chi connectivity index (χ4n) is 3.37. The highest BCUT2D eigenvalue weighted by molar-refractivity contribution is 5.94. The maximum Gasteiger partial charge on any atom is 0.387 e. The molecule has 33 heavy (non-hydrogen) atoms. The molecule has 8 heteroatoms. The molecule has 0 bridgehead atoms. The van der Waals surface area contributed by atoms with Crippen LogP contribution in [0.15, 0.2) is 73.1 Å². The Labute approximate surface area is 189 Å². The number of aryl methyl sites for hydroxylation is 1. The number of rotatable bonds is 9.